The van der Waals surface area contributed by atoms with E-state index in [0.717, 1.165) is 12.2 Å². The normalized spacial score (nSPS) is 21.4. The molecule has 4 rings (SSSR count). The fraction of sp³-hybridized carbons (Fsp3) is 0.333. The molecular weight excluding hydrogens is 520 g/mol. The largest absolute Gasteiger partial charge is 0.478 e. The third-order valence-corrected chi connectivity index (χ3v) is 7.50. The van der Waals surface area contributed by atoms with Crippen molar-refractivity contribution in [2.45, 2.75) is 51.7 Å². The molecule has 0 saturated carbocycles. The number of hydrogen-bond acceptors (Lipinski definition) is 8. The van der Waals surface area contributed by atoms with Crippen LogP contribution < -0.4 is 9.47 Å². The number of rotatable bonds is 8. The van der Waals surface area contributed by atoms with Crippen LogP contribution in [-0.4, -0.2) is 59.5 Å². The van der Waals surface area contributed by atoms with Crippen LogP contribution in [0.2, 0.25) is 0 Å². The lowest BCUT2D eigenvalue weighted by Crippen LogP contribution is -2.27. The lowest BCUT2D eigenvalue weighted by molar-refractivity contribution is -0.129. The Kier molecular flexibility index (Phi) is 7.95. The molecule has 40 heavy (non-hydrogen) atoms. The Bertz CT molecular complexity index is 1340. The molecule has 10 nitrogen and oxygen atoms in total. The molecule has 0 unspecified atom stereocenters. The molecule has 2 heterocycles. The summed E-state index contributed by atoms with van der Waals surface area (Å²) in [6.45, 7) is 13.7. The molecule has 0 bridgehead atoms. The fourth-order valence-electron chi connectivity index (χ4n) is 5.86. The topological polar surface area (TPSA) is 146 Å². The van der Waals surface area contributed by atoms with Gasteiger partial charge < -0.3 is 29.2 Å². The number of aryl methyl sites for hydroxylation is 2. The highest BCUT2D eigenvalue weighted by Crippen LogP contribution is 2.49. The van der Waals surface area contributed by atoms with Gasteiger partial charge in [-0.2, -0.15) is 0 Å². The first-order chi connectivity index (χ1) is 18.9. The molecule has 210 valence electrons. The van der Waals surface area contributed by atoms with Crippen molar-refractivity contribution in [3.63, 3.8) is 0 Å². The minimum atomic E-state index is -1.16. The van der Waals surface area contributed by atoms with E-state index in [2.05, 4.69) is 13.2 Å². The number of hydrogen-bond donors (Lipinski definition) is 2. The van der Waals surface area contributed by atoms with Gasteiger partial charge in [-0.05, 0) is 73.2 Å². The van der Waals surface area contributed by atoms with E-state index in [1.807, 2.05) is 0 Å². The Hall–Kier alpha value is -4.28. The molecule has 2 aromatic carbocycles. The second-order valence-corrected chi connectivity index (χ2v) is 9.89. The predicted molar refractivity (Wildman–Crippen MR) is 142 cm³/mol. The van der Waals surface area contributed by atoms with Crippen LogP contribution in [0, 0.1) is 27.7 Å². The van der Waals surface area contributed by atoms with Crippen LogP contribution in [0.25, 0.3) is 0 Å². The van der Waals surface area contributed by atoms with E-state index in [4.69, 9.17) is 18.9 Å². The second-order valence-electron chi connectivity index (χ2n) is 9.89. The maximum Gasteiger partial charge on any atom is 0.336 e. The van der Waals surface area contributed by atoms with Crippen LogP contribution in [0.4, 0.5) is 0 Å². The van der Waals surface area contributed by atoms with Gasteiger partial charge in [0, 0.05) is 24.0 Å². The van der Waals surface area contributed by atoms with Gasteiger partial charge in [0.15, 0.2) is 0 Å². The van der Waals surface area contributed by atoms with E-state index in [-0.39, 0.29) is 35.8 Å². The summed E-state index contributed by atoms with van der Waals surface area (Å²) in [7, 11) is 0. The van der Waals surface area contributed by atoms with Gasteiger partial charge in [0.2, 0.25) is 0 Å². The molecule has 4 atom stereocenters. The van der Waals surface area contributed by atoms with Crippen LogP contribution in [0.5, 0.6) is 11.5 Å². The maximum absolute atomic E-state index is 12.3. The van der Waals surface area contributed by atoms with Crippen LogP contribution in [0.1, 0.15) is 65.9 Å². The number of carbonyl (C=O) groups is 4. The van der Waals surface area contributed by atoms with Crippen molar-refractivity contribution in [2.75, 3.05) is 13.2 Å². The highest BCUT2D eigenvalue weighted by atomic mass is 16.6. The number of carboxylic acid groups (broad SMARTS) is 2. The lowest BCUT2D eigenvalue weighted by atomic mass is 9.81. The highest BCUT2D eigenvalue weighted by Gasteiger charge is 2.51. The number of fused-ring (bicyclic) bond motifs is 1. The van der Waals surface area contributed by atoms with E-state index < -0.39 is 47.9 Å². The summed E-state index contributed by atoms with van der Waals surface area (Å²) in [4.78, 5) is 48.5. The number of carboxylic acids is 2. The summed E-state index contributed by atoms with van der Waals surface area (Å²) in [5.41, 5.74) is 2.76. The Labute approximate surface area is 230 Å². The quantitative estimate of drug-likeness (QED) is 0.279. The van der Waals surface area contributed by atoms with Crippen molar-refractivity contribution >= 4 is 23.9 Å². The Morgan fingerprint density at radius 1 is 0.750 bits per heavy atom. The van der Waals surface area contributed by atoms with Crippen molar-refractivity contribution in [3.8, 4) is 11.5 Å². The minimum Gasteiger partial charge on any atom is -0.478 e. The molecule has 0 aromatic heterocycles. The molecule has 10 heteroatoms. The zero-order valence-corrected chi connectivity index (χ0v) is 22.6. The monoisotopic (exact) mass is 550 g/mol. The van der Waals surface area contributed by atoms with Crippen molar-refractivity contribution < 1.29 is 48.3 Å². The molecule has 2 saturated heterocycles. The maximum atomic E-state index is 12.3. The van der Waals surface area contributed by atoms with E-state index in [9.17, 15) is 29.4 Å². The van der Waals surface area contributed by atoms with Gasteiger partial charge in [0.05, 0.1) is 36.5 Å². The number of benzene rings is 2. The number of carbonyl (C=O) groups excluding carboxylic acids is 2. The first-order valence-corrected chi connectivity index (χ1v) is 12.6. The van der Waals surface area contributed by atoms with Gasteiger partial charge >= 0.3 is 23.9 Å². The van der Waals surface area contributed by atoms with E-state index >= 15 is 0 Å². The molecule has 0 amide bonds. The van der Waals surface area contributed by atoms with Gasteiger partial charge in [-0.25, -0.2) is 19.2 Å². The summed E-state index contributed by atoms with van der Waals surface area (Å²) in [5, 5.41) is 20.1. The van der Waals surface area contributed by atoms with Crippen LogP contribution in [0.15, 0.2) is 37.4 Å². The Morgan fingerprint density at radius 2 is 1.10 bits per heavy atom. The lowest BCUT2D eigenvalue weighted by Gasteiger charge is -2.24. The van der Waals surface area contributed by atoms with Gasteiger partial charge in [0.1, 0.15) is 11.5 Å². The average molecular weight is 551 g/mol. The molecule has 2 N–H and O–H groups in total. The van der Waals surface area contributed by atoms with Gasteiger partial charge in [-0.3, -0.25) is 0 Å². The molecule has 0 spiro atoms. The fourth-order valence-corrected chi connectivity index (χ4v) is 5.86. The van der Waals surface area contributed by atoms with Crippen molar-refractivity contribution in [1.82, 2.24) is 0 Å². The first-order valence-electron chi connectivity index (χ1n) is 12.6. The van der Waals surface area contributed by atoms with Crippen molar-refractivity contribution in [3.05, 3.63) is 82.0 Å². The first kappa shape index (κ1) is 28.7. The summed E-state index contributed by atoms with van der Waals surface area (Å²) < 4.78 is 23.2. The Balaban J connectivity index is 1.79. The van der Waals surface area contributed by atoms with Crippen LogP contribution >= 0.6 is 0 Å². The SMILES string of the molecule is C=CC(=O)Oc1c(C)cc(C(=O)O)c([C@H]2CO[C@H]3[C@@H]2OC[C@H]3c2c(C(=O)O)cc(C)c(OC(=O)C=C)c2C)c1C. The van der Waals surface area contributed by atoms with Crippen molar-refractivity contribution in [2.24, 2.45) is 0 Å². The standard InChI is InChI=1S/C30H30O10/c1-7-21(31)39-25-13(3)9-17(29(33)34)23(15(25)5)19-11-37-28-20(12-38-27(19)28)24-16(6)26(40-22(32)8-2)14(4)10-18(24)30(35)36/h7-10,19-20,27-28H,1-2,11-12H2,3-6H3,(H,33,34)(H,35,36)/t19-,20+,27-,28-/m1/s1. The summed E-state index contributed by atoms with van der Waals surface area (Å²) in [6.07, 6.45) is 0.809. The molecule has 2 aromatic rings. The third-order valence-electron chi connectivity index (χ3n) is 7.50. The molecular formula is C30H30O10. The minimum absolute atomic E-state index is 0.0334. The summed E-state index contributed by atoms with van der Waals surface area (Å²) in [6, 6.07) is 2.89. The zero-order chi connectivity index (χ0) is 29.5. The number of aromatic carboxylic acids is 2. The summed E-state index contributed by atoms with van der Waals surface area (Å²) >= 11 is 0. The van der Waals surface area contributed by atoms with Gasteiger partial charge in [-0.1, -0.05) is 13.2 Å². The number of ether oxygens (including phenoxy) is 4. The highest BCUT2D eigenvalue weighted by molar-refractivity contribution is 5.93. The van der Waals surface area contributed by atoms with Crippen molar-refractivity contribution in [1.29, 1.82) is 0 Å². The average Bonchev–Trinajstić information content (AvgIpc) is 3.50. The second kappa shape index (κ2) is 11.1. The van der Waals surface area contributed by atoms with E-state index in [1.54, 1.807) is 27.7 Å². The molecule has 2 aliphatic heterocycles. The molecule has 0 radical (unpaired) electrons. The van der Waals surface area contributed by atoms with E-state index in [0.29, 0.717) is 33.4 Å². The predicted octanol–water partition coefficient (Wildman–Crippen LogP) is 4.16. The smallest absolute Gasteiger partial charge is 0.336 e. The Morgan fingerprint density at radius 3 is 1.40 bits per heavy atom. The summed E-state index contributed by atoms with van der Waals surface area (Å²) in [5.74, 6) is -4.28. The molecule has 2 aliphatic rings. The van der Waals surface area contributed by atoms with Gasteiger partial charge in [-0.15, -0.1) is 0 Å². The van der Waals surface area contributed by atoms with Crippen LogP contribution in [0.3, 0.4) is 0 Å². The number of esters is 2. The molecule has 0 aliphatic carbocycles. The van der Waals surface area contributed by atoms with Crippen LogP contribution in [-0.2, 0) is 19.1 Å². The third kappa shape index (κ3) is 4.91. The van der Waals surface area contributed by atoms with E-state index in [1.165, 1.54) is 12.1 Å². The van der Waals surface area contributed by atoms with Gasteiger partial charge in [0.25, 0.3) is 0 Å². The molecule has 2 fully saturated rings. The zero-order valence-electron chi connectivity index (χ0n) is 22.6.